The topological polar surface area (TPSA) is 49.3 Å². The lowest BCUT2D eigenvalue weighted by molar-refractivity contribution is -0.121. The molecule has 0 heterocycles. The van der Waals surface area contributed by atoms with Crippen molar-refractivity contribution in [3.8, 4) is 0 Å². The fourth-order valence-corrected chi connectivity index (χ4v) is 3.23. The maximum Gasteiger partial charge on any atom is 0.220 e. The SMILES string of the molecule is CCCCCCC[C@H](O)CCCCCCC(=O)NCCc1ccccc1. The first-order valence-electron chi connectivity index (χ1n) is 10.7. The minimum Gasteiger partial charge on any atom is -0.393 e. The van der Waals surface area contributed by atoms with E-state index in [-0.39, 0.29) is 12.0 Å². The summed E-state index contributed by atoms with van der Waals surface area (Å²) in [5.74, 6) is 0.160. The van der Waals surface area contributed by atoms with Gasteiger partial charge in [-0.05, 0) is 31.2 Å². The van der Waals surface area contributed by atoms with Gasteiger partial charge in [0.25, 0.3) is 0 Å². The van der Waals surface area contributed by atoms with Crippen molar-refractivity contribution in [2.24, 2.45) is 0 Å². The number of rotatable bonds is 16. The third kappa shape index (κ3) is 12.9. The van der Waals surface area contributed by atoms with Crippen molar-refractivity contribution in [2.45, 2.75) is 96.5 Å². The van der Waals surface area contributed by atoms with E-state index in [1.165, 1.54) is 31.2 Å². The number of unbranched alkanes of at least 4 members (excludes halogenated alkanes) is 7. The summed E-state index contributed by atoms with van der Waals surface area (Å²) in [6, 6.07) is 10.2. The Bertz CT molecular complexity index is 447. The van der Waals surface area contributed by atoms with Crippen LogP contribution in [0.2, 0.25) is 0 Å². The zero-order valence-corrected chi connectivity index (χ0v) is 16.7. The van der Waals surface area contributed by atoms with Crippen LogP contribution in [0.25, 0.3) is 0 Å². The second kappa shape index (κ2) is 15.9. The molecular formula is C23H39NO2. The molecule has 0 saturated heterocycles. The first-order chi connectivity index (χ1) is 12.7. The zero-order chi connectivity index (χ0) is 18.9. The van der Waals surface area contributed by atoms with Gasteiger partial charge in [-0.3, -0.25) is 4.79 Å². The van der Waals surface area contributed by atoms with E-state index in [1.807, 2.05) is 18.2 Å². The van der Waals surface area contributed by atoms with Gasteiger partial charge in [0.1, 0.15) is 0 Å². The number of nitrogens with one attached hydrogen (secondary N) is 1. The summed E-state index contributed by atoms with van der Waals surface area (Å²) in [6.45, 7) is 2.94. The lowest BCUT2D eigenvalue weighted by Crippen LogP contribution is -2.25. The van der Waals surface area contributed by atoms with Crippen molar-refractivity contribution in [3.63, 3.8) is 0 Å². The van der Waals surface area contributed by atoms with Crippen LogP contribution >= 0.6 is 0 Å². The van der Waals surface area contributed by atoms with E-state index in [4.69, 9.17) is 0 Å². The molecule has 0 bridgehead atoms. The van der Waals surface area contributed by atoms with Gasteiger partial charge in [-0.1, -0.05) is 88.6 Å². The normalized spacial score (nSPS) is 12.1. The van der Waals surface area contributed by atoms with Crippen LogP contribution < -0.4 is 5.32 Å². The van der Waals surface area contributed by atoms with Gasteiger partial charge in [0.05, 0.1) is 6.10 Å². The maximum atomic E-state index is 11.8. The van der Waals surface area contributed by atoms with Crippen LogP contribution in [0.15, 0.2) is 30.3 Å². The van der Waals surface area contributed by atoms with Crippen molar-refractivity contribution in [3.05, 3.63) is 35.9 Å². The summed E-state index contributed by atoms with van der Waals surface area (Å²) >= 11 is 0. The molecule has 0 aliphatic carbocycles. The van der Waals surface area contributed by atoms with Crippen LogP contribution in [0, 0.1) is 0 Å². The molecule has 1 amide bonds. The first kappa shape index (κ1) is 22.7. The predicted octanol–water partition coefficient (Wildman–Crippen LogP) is 5.41. The summed E-state index contributed by atoms with van der Waals surface area (Å²) in [4.78, 5) is 11.8. The highest BCUT2D eigenvalue weighted by atomic mass is 16.3. The van der Waals surface area contributed by atoms with Crippen LogP contribution in [0.1, 0.15) is 89.5 Å². The molecule has 26 heavy (non-hydrogen) atoms. The highest BCUT2D eigenvalue weighted by Gasteiger charge is 2.04. The predicted molar refractivity (Wildman–Crippen MR) is 110 cm³/mol. The lowest BCUT2D eigenvalue weighted by Gasteiger charge is -2.10. The van der Waals surface area contributed by atoms with Crippen molar-refractivity contribution in [1.29, 1.82) is 0 Å². The zero-order valence-electron chi connectivity index (χ0n) is 16.7. The minimum absolute atomic E-state index is 0.127. The molecule has 0 radical (unpaired) electrons. The summed E-state index contributed by atoms with van der Waals surface area (Å²) in [6.07, 6.45) is 13.8. The van der Waals surface area contributed by atoms with Crippen LogP contribution in [0.4, 0.5) is 0 Å². The minimum atomic E-state index is -0.127. The highest BCUT2D eigenvalue weighted by molar-refractivity contribution is 5.75. The molecule has 0 spiro atoms. The van der Waals surface area contributed by atoms with Gasteiger partial charge in [0.15, 0.2) is 0 Å². The molecule has 1 aromatic rings. The average molecular weight is 362 g/mol. The van der Waals surface area contributed by atoms with Crippen molar-refractivity contribution in [2.75, 3.05) is 6.54 Å². The molecule has 0 aliphatic rings. The lowest BCUT2D eigenvalue weighted by atomic mass is 10.0. The highest BCUT2D eigenvalue weighted by Crippen LogP contribution is 2.13. The average Bonchev–Trinajstić information content (AvgIpc) is 2.65. The molecular weight excluding hydrogens is 322 g/mol. The third-order valence-corrected chi connectivity index (χ3v) is 4.91. The van der Waals surface area contributed by atoms with Crippen LogP contribution in [-0.2, 0) is 11.2 Å². The largest absolute Gasteiger partial charge is 0.393 e. The number of hydrogen-bond acceptors (Lipinski definition) is 2. The third-order valence-electron chi connectivity index (χ3n) is 4.91. The molecule has 3 nitrogen and oxygen atoms in total. The molecule has 0 fully saturated rings. The summed E-state index contributed by atoms with van der Waals surface area (Å²) in [5.41, 5.74) is 1.26. The molecule has 0 aromatic heterocycles. The molecule has 3 heteroatoms. The maximum absolute atomic E-state index is 11.8. The van der Waals surface area contributed by atoms with Crippen molar-refractivity contribution in [1.82, 2.24) is 5.32 Å². The Hall–Kier alpha value is -1.35. The van der Waals surface area contributed by atoms with E-state index in [0.29, 0.717) is 13.0 Å². The summed E-state index contributed by atoms with van der Waals surface area (Å²) < 4.78 is 0. The molecule has 2 N–H and O–H groups in total. The van der Waals surface area contributed by atoms with E-state index < -0.39 is 0 Å². The smallest absolute Gasteiger partial charge is 0.220 e. The fraction of sp³-hybridized carbons (Fsp3) is 0.696. The Kier molecular flexibility index (Phi) is 13.8. The molecule has 1 aromatic carbocycles. The molecule has 1 rings (SSSR count). The number of hydrogen-bond donors (Lipinski definition) is 2. The molecule has 0 unspecified atom stereocenters. The van der Waals surface area contributed by atoms with Gasteiger partial charge >= 0.3 is 0 Å². The van der Waals surface area contributed by atoms with E-state index in [9.17, 15) is 9.90 Å². The Morgan fingerprint density at radius 3 is 2.19 bits per heavy atom. The molecule has 148 valence electrons. The Balaban J connectivity index is 1.88. The van der Waals surface area contributed by atoms with E-state index >= 15 is 0 Å². The monoisotopic (exact) mass is 361 g/mol. The number of carbonyl (C=O) groups excluding carboxylic acids is 1. The van der Waals surface area contributed by atoms with E-state index in [2.05, 4.69) is 24.4 Å². The number of benzene rings is 1. The second-order valence-electron chi connectivity index (χ2n) is 7.40. The number of carbonyl (C=O) groups is 1. The number of aliphatic hydroxyl groups excluding tert-OH is 1. The van der Waals surface area contributed by atoms with E-state index in [0.717, 1.165) is 51.4 Å². The van der Waals surface area contributed by atoms with Gasteiger partial charge in [-0.2, -0.15) is 0 Å². The van der Waals surface area contributed by atoms with Crippen LogP contribution in [0.3, 0.4) is 0 Å². The summed E-state index contributed by atoms with van der Waals surface area (Å²) in [7, 11) is 0. The first-order valence-corrected chi connectivity index (χ1v) is 10.7. The Morgan fingerprint density at radius 1 is 0.923 bits per heavy atom. The fourth-order valence-electron chi connectivity index (χ4n) is 3.23. The van der Waals surface area contributed by atoms with Crippen molar-refractivity contribution < 1.29 is 9.90 Å². The van der Waals surface area contributed by atoms with Gasteiger partial charge in [-0.15, -0.1) is 0 Å². The Morgan fingerprint density at radius 2 is 1.54 bits per heavy atom. The van der Waals surface area contributed by atoms with Gasteiger partial charge in [0, 0.05) is 13.0 Å². The van der Waals surface area contributed by atoms with Crippen molar-refractivity contribution >= 4 is 5.91 Å². The molecule has 1 atom stereocenters. The molecule has 0 aliphatic heterocycles. The number of aliphatic hydroxyl groups is 1. The van der Waals surface area contributed by atoms with Gasteiger partial charge in [-0.25, -0.2) is 0 Å². The van der Waals surface area contributed by atoms with Gasteiger partial charge < -0.3 is 10.4 Å². The standard InChI is InChI=1S/C23H39NO2/c1-2-3-4-5-11-16-22(25)17-12-6-7-13-18-23(26)24-20-19-21-14-9-8-10-15-21/h8-10,14-15,22,25H,2-7,11-13,16-20H2,1H3,(H,24,26)/t22-/m0/s1. The number of amides is 1. The van der Waals surface area contributed by atoms with Gasteiger partial charge in [0.2, 0.25) is 5.91 Å². The van der Waals surface area contributed by atoms with Crippen LogP contribution in [0.5, 0.6) is 0 Å². The quantitative estimate of drug-likeness (QED) is 0.387. The second-order valence-corrected chi connectivity index (χ2v) is 7.40. The summed E-state index contributed by atoms with van der Waals surface area (Å²) in [5, 5.41) is 13.0. The Labute approximate surface area is 160 Å². The van der Waals surface area contributed by atoms with Crippen LogP contribution in [-0.4, -0.2) is 23.7 Å². The molecule has 0 saturated carbocycles. The van der Waals surface area contributed by atoms with E-state index in [1.54, 1.807) is 0 Å².